The van der Waals surface area contributed by atoms with Crippen LogP contribution in [0.3, 0.4) is 0 Å². The second-order valence-corrected chi connectivity index (χ2v) is 3.40. The molecule has 1 aromatic carbocycles. The SMILES string of the molecule is COc1cc(C)cc(C)c1C(F)CN. The molecule has 14 heavy (non-hydrogen) atoms. The molecular weight excluding hydrogens is 181 g/mol. The van der Waals surface area contributed by atoms with E-state index >= 15 is 0 Å². The maximum Gasteiger partial charge on any atom is 0.141 e. The summed E-state index contributed by atoms with van der Waals surface area (Å²) < 4.78 is 18.6. The lowest BCUT2D eigenvalue weighted by atomic mass is 10.0. The first kappa shape index (κ1) is 11.0. The Kier molecular flexibility index (Phi) is 3.47. The van der Waals surface area contributed by atoms with Crippen LogP contribution in [0.25, 0.3) is 0 Å². The van der Waals surface area contributed by atoms with Crippen LogP contribution in [-0.2, 0) is 0 Å². The van der Waals surface area contributed by atoms with Gasteiger partial charge in [0.15, 0.2) is 0 Å². The van der Waals surface area contributed by atoms with Gasteiger partial charge >= 0.3 is 0 Å². The number of rotatable bonds is 3. The lowest BCUT2D eigenvalue weighted by molar-refractivity contribution is 0.329. The van der Waals surface area contributed by atoms with E-state index in [9.17, 15) is 4.39 Å². The summed E-state index contributed by atoms with van der Waals surface area (Å²) in [6.07, 6.45) is -1.15. The summed E-state index contributed by atoms with van der Waals surface area (Å²) >= 11 is 0. The molecule has 2 nitrogen and oxygen atoms in total. The van der Waals surface area contributed by atoms with E-state index in [4.69, 9.17) is 10.5 Å². The second kappa shape index (κ2) is 4.42. The summed E-state index contributed by atoms with van der Waals surface area (Å²) in [5.41, 5.74) is 7.83. The zero-order valence-corrected chi connectivity index (χ0v) is 8.80. The largest absolute Gasteiger partial charge is 0.496 e. The summed E-state index contributed by atoms with van der Waals surface area (Å²) in [6, 6.07) is 3.75. The molecule has 0 aliphatic carbocycles. The van der Waals surface area contributed by atoms with Gasteiger partial charge in [-0.05, 0) is 31.0 Å². The molecular formula is C11H16FNO. The van der Waals surface area contributed by atoms with Crippen LogP contribution in [0.5, 0.6) is 5.75 Å². The highest BCUT2D eigenvalue weighted by atomic mass is 19.1. The van der Waals surface area contributed by atoms with Gasteiger partial charge in [0.25, 0.3) is 0 Å². The Labute approximate surface area is 83.9 Å². The topological polar surface area (TPSA) is 35.2 Å². The summed E-state index contributed by atoms with van der Waals surface area (Å²) in [4.78, 5) is 0. The van der Waals surface area contributed by atoms with Gasteiger partial charge in [0, 0.05) is 12.1 Å². The molecule has 0 spiro atoms. The first-order valence-electron chi connectivity index (χ1n) is 4.59. The smallest absolute Gasteiger partial charge is 0.141 e. The number of methoxy groups -OCH3 is 1. The zero-order valence-electron chi connectivity index (χ0n) is 8.80. The Bertz CT molecular complexity index is 325. The molecule has 1 rings (SSSR count). The van der Waals surface area contributed by atoms with Gasteiger partial charge in [-0.25, -0.2) is 4.39 Å². The molecule has 0 radical (unpaired) electrons. The van der Waals surface area contributed by atoms with Gasteiger partial charge in [-0.3, -0.25) is 0 Å². The highest BCUT2D eigenvalue weighted by Gasteiger charge is 2.16. The van der Waals surface area contributed by atoms with Crippen molar-refractivity contribution in [1.82, 2.24) is 0 Å². The van der Waals surface area contributed by atoms with E-state index in [0.717, 1.165) is 11.1 Å². The number of halogens is 1. The van der Waals surface area contributed by atoms with Gasteiger partial charge in [0.2, 0.25) is 0 Å². The lowest BCUT2D eigenvalue weighted by Crippen LogP contribution is -2.10. The van der Waals surface area contributed by atoms with E-state index in [1.54, 1.807) is 7.11 Å². The first-order valence-corrected chi connectivity index (χ1v) is 4.59. The third kappa shape index (κ3) is 2.04. The van der Waals surface area contributed by atoms with E-state index in [0.29, 0.717) is 11.3 Å². The number of nitrogens with two attached hydrogens (primary N) is 1. The maximum atomic E-state index is 13.5. The van der Waals surface area contributed by atoms with Crippen molar-refractivity contribution in [2.24, 2.45) is 5.73 Å². The van der Waals surface area contributed by atoms with Crippen molar-refractivity contribution in [1.29, 1.82) is 0 Å². The Balaban J connectivity index is 3.24. The summed E-state index contributed by atoms with van der Waals surface area (Å²) in [7, 11) is 1.54. The van der Waals surface area contributed by atoms with Crippen molar-refractivity contribution >= 4 is 0 Å². The third-order valence-corrected chi connectivity index (χ3v) is 2.23. The fourth-order valence-electron chi connectivity index (χ4n) is 1.63. The first-order chi connectivity index (χ1) is 6.60. The Hall–Kier alpha value is -1.09. The van der Waals surface area contributed by atoms with Gasteiger partial charge in [0.1, 0.15) is 11.9 Å². The molecule has 0 heterocycles. The second-order valence-electron chi connectivity index (χ2n) is 3.40. The zero-order chi connectivity index (χ0) is 10.7. The minimum absolute atomic E-state index is 0.0136. The van der Waals surface area contributed by atoms with Gasteiger partial charge in [-0.15, -0.1) is 0 Å². The molecule has 0 aliphatic heterocycles. The standard InChI is InChI=1S/C11H16FNO/c1-7-4-8(2)11(9(12)6-13)10(5-7)14-3/h4-5,9H,6,13H2,1-3H3. The number of alkyl halides is 1. The van der Waals surface area contributed by atoms with Crippen molar-refractivity contribution in [3.8, 4) is 5.75 Å². The van der Waals surface area contributed by atoms with Crippen LogP contribution < -0.4 is 10.5 Å². The van der Waals surface area contributed by atoms with Crippen molar-refractivity contribution in [2.45, 2.75) is 20.0 Å². The molecule has 0 amide bonds. The molecule has 0 fully saturated rings. The predicted molar refractivity (Wildman–Crippen MR) is 55.4 cm³/mol. The summed E-state index contributed by atoms with van der Waals surface area (Å²) in [5.74, 6) is 0.584. The molecule has 0 aliphatic rings. The number of hydrogen-bond donors (Lipinski definition) is 1. The van der Waals surface area contributed by atoms with E-state index in [-0.39, 0.29) is 6.54 Å². The van der Waals surface area contributed by atoms with Crippen molar-refractivity contribution in [2.75, 3.05) is 13.7 Å². The predicted octanol–water partition coefficient (Wildman–Crippen LogP) is 2.28. The Morgan fingerprint density at radius 1 is 1.43 bits per heavy atom. The summed E-state index contributed by atoms with van der Waals surface area (Å²) in [5, 5.41) is 0. The summed E-state index contributed by atoms with van der Waals surface area (Å²) in [6.45, 7) is 3.81. The monoisotopic (exact) mass is 197 g/mol. The minimum Gasteiger partial charge on any atom is -0.496 e. The van der Waals surface area contributed by atoms with Gasteiger partial charge in [0.05, 0.1) is 7.11 Å². The minimum atomic E-state index is -1.15. The molecule has 1 aromatic rings. The molecule has 2 N–H and O–H groups in total. The molecule has 1 atom stereocenters. The van der Waals surface area contributed by atoms with Crippen LogP contribution in [0.2, 0.25) is 0 Å². The molecule has 0 aromatic heterocycles. The average molecular weight is 197 g/mol. The van der Waals surface area contributed by atoms with Gasteiger partial charge in [-0.1, -0.05) is 6.07 Å². The normalized spacial score (nSPS) is 12.6. The molecule has 1 unspecified atom stereocenters. The highest BCUT2D eigenvalue weighted by Crippen LogP contribution is 2.31. The van der Waals surface area contributed by atoms with E-state index in [1.807, 2.05) is 26.0 Å². The molecule has 0 bridgehead atoms. The van der Waals surface area contributed by atoms with Crippen LogP contribution in [-0.4, -0.2) is 13.7 Å². The molecule has 0 saturated carbocycles. The Morgan fingerprint density at radius 3 is 2.57 bits per heavy atom. The fourth-order valence-corrected chi connectivity index (χ4v) is 1.63. The van der Waals surface area contributed by atoms with Crippen molar-refractivity contribution in [3.05, 3.63) is 28.8 Å². The molecule has 0 saturated heterocycles. The van der Waals surface area contributed by atoms with Gasteiger partial charge < -0.3 is 10.5 Å². The third-order valence-electron chi connectivity index (χ3n) is 2.23. The van der Waals surface area contributed by atoms with Gasteiger partial charge in [-0.2, -0.15) is 0 Å². The van der Waals surface area contributed by atoms with Crippen LogP contribution in [0.4, 0.5) is 4.39 Å². The average Bonchev–Trinajstić information content (AvgIpc) is 2.15. The molecule has 78 valence electrons. The number of ether oxygens (including phenoxy) is 1. The fraction of sp³-hybridized carbons (Fsp3) is 0.455. The van der Waals surface area contributed by atoms with E-state index in [2.05, 4.69) is 0 Å². The number of aryl methyl sites for hydroxylation is 2. The number of benzene rings is 1. The van der Waals surface area contributed by atoms with Crippen LogP contribution in [0.1, 0.15) is 22.9 Å². The van der Waals surface area contributed by atoms with E-state index in [1.165, 1.54) is 0 Å². The maximum absolute atomic E-state index is 13.5. The highest BCUT2D eigenvalue weighted by molar-refractivity contribution is 5.44. The lowest BCUT2D eigenvalue weighted by Gasteiger charge is -2.15. The van der Waals surface area contributed by atoms with Crippen LogP contribution in [0, 0.1) is 13.8 Å². The van der Waals surface area contributed by atoms with Crippen molar-refractivity contribution < 1.29 is 9.13 Å². The van der Waals surface area contributed by atoms with Crippen LogP contribution in [0.15, 0.2) is 12.1 Å². The number of hydrogen-bond acceptors (Lipinski definition) is 2. The Morgan fingerprint density at radius 2 is 2.07 bits per heavy atom. The molecule has 3 heteroatoms. The quantitative estimate of drug-likeness (QED) is 0.806. The van der Waals surface area contributed by atoms with Crippen LogP contribution >= 0.6 is 0 Å². The van der Waals surface area contributed by atoms with E-state index < -0.39 is 6.17 Å². The van der Waals surface area contributed by atoms with Crippen molar-refractivity contribution in [3.63, 3.8) is 0 Å².